The zero-order valence-corrected chi connectivity index (χ0v) is 19.1. The van der Waals surface area contributed by atoms with E-state index >= 15 is 0 Å². The standard InChI is InChI=1S/C21H29N5O3S2/c27-19(15-30-21-25-24-20(31-21)23-11-17-7-4-9-28-17)22-12-18-14-26(8-10-29-18)13-16-5-2-1-3-6-16/h1-3,5-6,17-18H,4,7-15H2,(H,22,27)(H,23,24). The quantitative estimate of drug-likeness (QED) is 0.519. The third-order valence-electron chi connectivity index (χ3n) is 5.24. The van der Waals surface area contributed by atoms with Gasteiger partial charge in [0, 0.05) is 39.3 Å². The molecule has 1 amide bonds. The SMILES string of the molecule is O=C(CSc1nnc(NCC2CCCO2)s1)NCC1CN(Cc2ccccc2)CCO1. The van der Waals surface area contributed by atoms with Gasteiger partial charge in [-0.1, -0.05) is 53.4 Å². The number of benzene rings is 1. The molecule has 8 nitrogen and oxygen atoms in total. The molecule has 10 heteroatoms. The Balaban J connectivity index is 1.12. The normalized spacial score (nSPS) is 21.8. The molecule has 1 aromatic carbocycles. The van der Waals surface area contributed by atoms with E-state index < -0.39 is 0 Å². The summed E-state index contributed by atoms with van der Waals surface area (Å²) in [7, 11) is 0. The lowest BCUT2D eigenvalue weighted by Gasteiger charge is -2.33. The third-order valence-corrected chi connectivity index (χ3v) is 7.25. The summed E-state index contributed by atoms with van der Waals surface area (Å²) in [5.41, 5.74) is 1.30. The van der Waals surface area contributed by atoms with Gasteiger partial charge in [0.2, 0.25) is 11.0 Å². The minimum Gasteiger partial charge on any atom is -0.376 e. The first-order valence-corrected chi connectivity index (χ1v) is 12.5. The van der Waals surface area contributed by atoms with Crippen molar-refractivity contribution in [1.82, 2.24) is 20.4 Å². The average Bonchev–Trinajstić information content (AvgIpc) is 3.48. The number of nitrogens with one attached hydrogen (secondary N) is 2. The highest BCUT2D eigenvalue weighted by atomic mass is 32.2. The molecule has 0 radical (unpaired) electrons. The van der Waals surface area contributed by atoms with Crippen LogP contribution in [0.2, 0.25) is 0 Å². The fraction of sp³-hybridized carbons (Fsp3) is 0.571. The maximum atomic E-state index is 12.3. The molecule has 0 bridgehead atoms. The number of morpholine rings is 1. The largest absolute Gasteiger partial charge is 0.376 e. The van der Waals surface area contributed by atoms with Crippen molar-refractivity contribution in [3.8, 4) is 0 Å². The summed E-state index contributed by atoms with van der Waals surface area (Å²) in [4.78, 5) is 14.6. The highest BCUT2D eigenvalue weighted by Crippen LogP contribution is 2.25. The van der Waals surface area contributed by atoms with Crippen molar-refractivity contribution in [3.63, 3.8) is 0 Å². The summed E-state index contributed by atoms with van der Waals surface area (Å²) in [5.74, 6) is 0.304. The van der Waals surface area contributed by atoms with Crippen LogP contribution >= 0.6 is 23.1 Å². The molecular weight excluding hydrogens is 434 g/mol. The Hall–Kier alpha value is -1.72. The van der Waals surface area contributed by atoms with Gasteiger partial charge in [0.25, 0.3) is 0 Å². The number of amides is 1. The highest BCUT2D eigenvalue weighted by molar-refractivity contribution is 8.01. The van der Waals surface area contributed by atoms with Crippen molar-refractivity contribution in [2.75, 3.05) is 50.5 Å². The monoisotopic (exact) mass is 463 g/mol. The van der Waals surface area contributed by atoms with Crippen LogP contribution in [0.4, 0.5) is 5.13 Å². The van der Waals surface area contributed by atoms with E-state index in [-0.39, 0.29) is 18.1 Å². The minimum absolute atomic E-state index is 0.0153. The number of anilines is 1. The molecule has 2 unspecified atom stereocenters. The smallest absolute Gasteiger partial charge is 0.230 e. The molecular formula is C21H29N5O3S2. The third kappa shape index (κ3) is 7.43. The van der Waals surface area contributed by atoms with Gasteiger partial charge in [-0.05, 0) is 18.4 Å². The second-order valence-electron chi connectivity index (χ2n) is 7.70. The predicted molar refractivity (Wildman–Crippen MR) is 123 cm³/mol. The molecule has 168 valence electrons. The van der Waals surface area contributed by atoms with E-state index in [4.69, 9.17) is 9.47 Å². The Morgan fingerprint density at radius 2 is 2.03 bits per heavy atom. The first-order valence-electron chi connectivity index (χ1n) is 10.7. The highest BCUT2D eigenvalue weighted by Gasteiger charge is 2.21. The lowest BCUT2D eigenvalue weighted by molar-refractivity contribution is -0.119. The van der Waals surface area contributed by atoms with Crippen molar-refractivity contribution < 1.29 is 14.3 Å². The number of carbonyl (C=O) groups is 1. The van der Waals surface area contributed by atoms with E-state index in [0.717, 1.165) is 55.1 Å². The summed E-state index contributed by atoms with van der Waals surface area (Å²) >= 11 is 2.88. The first kappa shape index (κ1) is 22.5. The van der Waals surface area contributed by atoms with Crippen LogP contribution in [0.25, 0.3) is 0 Å². The van der Waals surface area contributed by atoms with Crippen molar-refractivity contribution in [2.24, 2.45) is 0 Å². The maximum Gasteiger partial charge on any atom is 0.230 e. The number of nitrogens with zero attached hydrogens (tertiary/aromatic N) is 3. The number of rotatable bonds is 10. The molecule has 2 fully saturated rings. The maximum absolute atomic E-state index is 12.3. The van der Waals surface area contributed by atoms with Crippen LogP contribution in [-0.4, -0.2) is 78.4 Å². The van der Waals surface area contributed by atoms with E-state index in [1.807, 2.05) is 6.07 Å². The lowest BCUT2D eigenvalue weighted by atomic mass is 10.2. The summed E-state index contributed by atoms with van der Waals surface area (Å²) < 4.78 is 12.2. The molecule has 4 rings (SSSR count). The van der Waals surface area contributed by atoms with Crippen LogP contribution in [0, 0.1) is 0 Å². The Kier molecular flexibility index (Phi) is 8.53. The molecule has 2 aliphatic rings. The molecule has 3 heterocycles. The molecule has 0 spiro atoms. The van der Waals surface area contributed by atoms with Gasteiger partial charge in [0.05, 0.1) is 24.6 Å². The molecule has 2 N–H and O–H groups in total. The van der Waals surface area contributed by atoms with Gasteiger partial charge in [0.1, 0.15) is 0 Å². The fourth-order valence-corrected chi connectivity index (χ4v) is 5.23. The number of thioether (sulfide) groups is 1. The molecule has 31 heavy (non-hydrogen) atoms. The lowest BCUT2D eigenvalue weighted by Crippen LogP contribution is -2.47. The van der Waals surface area contributed by atoms with Crippen molar-refractivity contribution >= 4 is 34.1 Å². The van der Waals surface area contributed by atoms with Gasteiger partial charge in [-0.15, -0.1) is 10.2 Å². The van der Waals surface area contributed by atoms with Gasteiger partial charge in [-0.25, -0.2) is 0 Å². The summed E-state index contributed by atoms with van der Waals surface area (Å²) in [5, 5.41) is 15.3. The van der Waals surface area contributed by atoms with Crippen LogP contribution < -0.4 is 10.6 Å². The second kappa shape index (κ2) is 11.8. The van der Waals surface area contributed by atoms with E-state index in [2.05, 4.69) is 50.0 Å². The number of hydrogen-bond acceptors (Lipinski definition) is 9. The van der Waals surface area contributed by atoms with Gasteiger partial charge < -0.3 is 20.1 Å². The van der Waals surface area contributed by atoms with Crippen LogP contribution in [0.15, 0.2) is 34.7 Å². The summed E-state index contributed by atoms with van der Waals surface area (Å²) in [6.45, 7) is 5.44. The van der Waals surface area contributed by atoms with Crippen LogP contribution in [0.1, 0.15) is 18.4 Å². The van der Waals surface area contributed by atoms with E-state index in [0.29, 0.717) is 18.9 Å². The van der Waals surface area contributed by atoms with Crippen LogP contribution in [0.3, 0.4) is 0 Å². The van der Waals surface area contributed by atoms with Gasteiger partial charge in [-0.2, -0.15) is 0 Å². The number of carbonyl (C=O) groups excluding carboxylic acids is 1. The Labute approximate surface area is 191 Å². The topological polar surface area (TPSA) is 88.6 Å². The van der Waals surface area contributed by atoms with Gasteiger partial charge >= 0.3 is 0 Å². The average molecular weight is 464 g/mol. The number of hydrogen-bond donors (Lipinski definition) is 2. The molecule has 2 aliphatic heterocycles. The van der Waals surface area contributed by atoms with Crippen molar-refractivity contribution in [2.45, 2.75) is 35.9 Å². The first-order chi connectivity index (χ1) is 15.2. The summed E-state index contributed by atoms with van der Waals surface area (Å²) in [6, 6.07) is 10.4. The number of ether oxygens (including phenoxy) is 2. The Morgan fingerprint density at radius 1 is 1.16 bits per heavy atom. The molecule has 2 atom stereocenters. The zero-order valence-electron chi connectivity index (χ0n) is 17.5. The predicted octanol–water partition coefficient (Wildman–Crippen LogP) is 2.24. The molecule has 1 aromatic heterocycles. The van der Waals surface area contributed by atoms with Crippen molar-refractivity contribution in [3.05, 3.63) is 35.9 Å². The Bertz CT molecular complexity index is 816. The van der Waals surface area contributed by atoms with E-state index in [1.54, 1.807) is 0 Å². The minimum atomic E-state index is -0.0159. The summed E-state index contributed by atoms with van der Waals surface area (Å²) in [6.07, 6.45) is 2.48. The van der Waals surface area contributed by atoms with E-state index in [9.17, 15) is 4.79 Å². The van der Waals surface area contributed by atoms with E-state index in [1.165, 1.54) is 28.7 Å². The number of aromatic nitrogens is 2. The van der Waals surface area contributed by atoms with Crippen molar-refractivity contribution in [1.29, 1.82) is 0 Å². The second-order valence-corrected chi connectivity index (χ2v) is 9.90. The van der Waals surface area contributed by atoms with Crippen LogP contribution in [-0.2, 0) is 20.8 Å². The van der Waals surface area contributed by atoms with Crippen LogP contribution in [0.5, 0.6) is 0 Å². The molecule has 0 aliphatic carbocycles. The molecule has 0 saturated carbocycles. The Morgan fingerprint density at radius 3 is 2.87 bits per heavy atom. The van der Waals surface area contributed by atoms with Gasteiger partial charge in [-0.3, -0.25) is 9.69 Å². The zero-order chi connectivity index (χ0) is 21.3. The fourth-order valence-electron chi connectivity index (χ4n) is 3.64. The molecule has 2 aromatic rings. The van der Waals surface area contributed by atoms with Gasteiger partial charge in [0.15, 0.2) is 4.34 Å². The molecule has 2 saturated heterocycles.